The Morgan fingerprint density at radius 2 is 1.44 bits per heavy atom. The zero-order valence-electron chi connectivity index (χ0n) is 15.5. The zero-order valence-corrected chi connectivity index (χ0v) is 15.5. The Kier molecular flexibility index (Phi) is 6.61. The van der Waals surface area contributed by atoms with E-state index in [9.17, 15) is 4.79 Å². The highest BCUT2D eigenvalue weighted by Gasteiger charge is 2.10. The lowest BCUT2D eigenvalue weighted by molar-refractivity contribution is -0.117. The Morgan fingerprint density at radius 1 is 0.852 bits per heavy atom. The second-order valence-electron chi connectivity index (χ2n) is 6.28. The molecule has 3 aromatic carbocycles. The molecule has 1 amide bonds. The molecule has 4 heteroatoms. The van der Waals surface area contributed by atoms with Crippen molar-refractivity contribution in [1.29, 1.82) is 0 Å². The first-order chi connectivity index (χ1) is 13.2. The van der Waals surface area contributed by atoms with Crippen LogP contribution in [0.4, 0.5) is 5.69 Å². The zero-order chi connectivity index (χ0) is 18.9. The molecule has 0 unspecified atom stereocenters. The van der Waals surface area contributed by atoms with Crippen molar-refractivity contribution in [1.82, 2.24) is 4.90 Å². The van der Waals surface area contributed by atoms with E-state index in [2.05, 4.69) is 29.3 Å². The first-order valence-corrected chi connectivity index (χ1v) is 9.12. The molecular weight excluding hydrogens is 336 g/mol. The second-order valence-corrected chi connectivity index (χ2v) is 6.28. The molecule has 0 aliphatic carbocycles. The molecule has 138 valence electrons. The van der Waals surface area contributed by atoms with Crippen molar-refractivity contribution < 1.29 is 9.53 Å². The van der Waals surface area contributed by atoms with Gasteiger partial charge in [0.1, 0.15) is 11.5 Å². The highest BCUT2D eigenvalue weighted by Crippen LogP contribution is 2.22. The van der Waals surface area contributed by atoms with Crippen LogP contribution in [0.1, 0.15) is 12.5 Å². The van der Waals surface area contributed by atoms with E-state index in [0.717, 1.165) is 30.3 Å². The Hall–Kier alpha value is -3.11. The number of nitrogens with one attached hydrogen (secondary N) is 1. The van der Waals surface area contributed by atoms with Crippen LogP contribution >= 0.6 is 0 Å². The van der Waals surface area contributed by atoms with E-state index in [1.807, 2.05) is 72.8 Å². The second kappa shape index (κ2) is 9.55. The van der Waals surface area contributed by atoms with Gasteiger partial charge >= 0.3 is 0 Å². The first-order valence-electron chi connectivity index (χ1n) is 9.12. The molecule has 0 heterocycles. The summed E-state index contributed by atoms with van der Waals surface area (Å²) in [5, 5.41) is 2.95. The predicted molar refractivity (Wildman–Crippen MR) is 109 cm³/mol. The molecule has 0 aliphatic rings. The fourth-order valence-electron chi connectivity index (χ4n) is 2.76. The molecule has 0 aliphatic heterocycles. The lowest BCUT2D eigenvalue weighted by Gasteiger charge is -2.20. The van der Waals surface area contributed by atoms with E-state index >= 15 is 0 Å². The summed E-state index contributed by atoms with van der Waals surface area (Å²) in [6, 6.07) is 27.2. The normalized spacial score (nSPS) is 10.6. The van der Waals surface area contributed by atoms with E-state index < -0.39 is 0 Å². The van der Waals surface area contributed by atoms with E-state index in [4.69, 9.17) is 4.74 Å². The molecule has 0 atom stereocenters. The summed E-state index contributed by atoms with van der Waals surface area (Å²) >= 11 is 0. The number of nitrogens with zero attached hydrogens (tertiary/aromatic N) is 1. The van der Waals surface area contributed by atoms with Gasteiger partial charge in [-0.15, -0.1) is 0 Å². The van der Waals surface area contributed by atoms with Crippen LogP contribution in [0.2, 0.25) is 0 Å². The highest BCUT2D eigenvalue weighted by molar-refractivity contribution is 5.92. The Morgan fingerprint density at radius 3 is 2.07 bits per heavy atom. The number of hydrogen-bond acceptors (Lipinski definition) is 3. The highest BCUT2D eigenvalue weighted by atomic mass is 16.5. The van der Waals surface area contributed by atoms with E-state index in [-0.39, 0.29) is 5.91 Å². The Labute approximate surface area is 160 Å². The number of carbonyl (C=O) groups is 1. The fourth-order valence-corrected chi connectivity index (χ4v) is 2.76. The van der Waals surface area contributed by atoms with Gasteiger partial charge in [0.2, 0.25) is 5.91 Å². The molecule has 0 bridgehead atoms. The molecule has 0 fully saturated rings. The minimum Gasteiger partial charge on any atom is -0.457 e. The third kappa shape index (κ3) is 5.97. The maximum absolute atomic E-state index is 12.4. The summed E-state index contributed by atoms with van der Waals surface area (Å²) < 4.78 is 5.77. The molecule has 0 spiro atoms. The number of ether oxygens (including phenoxy) is 1. The number of para-hydroxylation sites is 1. The summed E-state index contributed by atoms with van der Waals surface area (Å²) in [6.07, 6.45) is 0. The van der Waals surface area contributed by atoms with Crippen molar-refractivity contribution in [2.24, 2.45) is 0 Å². The van der Waals surface area contributed by atoms with Crippen molar-refractivity contribution >= 4 is 11.6 Å². The minimum absolute atomic E-state index is 0.0236. The molecule has 0 aromatic heterocycles. The van der Waals surface area contributed by atoms with Crippen LogP contribution in [-0.4, -0.2) is 23.9 Å². The largest absolute Gasteiger partial charge is 0.457 e. The van der Waals surface area contributed by atoms with Crippen LogP contribution in [-0.2, 0) is 11.3 Å². The van der Waals surface area contributed by atoms with Crippen LogP contribution in [0, 0.1) is 0 Å². The van der Waals surface area contributed by atoms with Crippen LogP contribution in [0.25, 0.3) is 0 Å². The van der Waals surface area contributed by atoms with Gasteiger partial charge < -0.3 is 10.1 Å². The topological polar surface area (TPSA) is 41.6 Å². The SMILES string of the molecule is CCN(CC(=O)Nc1ccc(Oc2ccccc2)cc1)Cc1ccccc1. The molecule has 27 heavy (non-hydrogen) atoms. The molecule has 1 N–H and O–H groups in total. The van der Waals surface area contributed by atoms with Crippen LogP contribution in [0.15, 0.2) is 84.9 Å². The van der Waals surface area contributed by atoms with Gasteiger partial charge in [-0.25, -0.2) is 0 Å². The van der Waals surface area contributed by atoms with Crippen molar-refractivity contribution in [2.45, 2.75) is 13.5 Å². The quantitative estimate of drug-likeness (QED) is 0.619. The molecule has 0 saturated carbocycles. The summed E-state index contributed by atoms with van der Waals surface area (Å²) in [6.45, 7) is 3.99. The molecular formula is C23H24N2O2. The molecule has 3 rings (SSSR count). The van der Waals surface area contributed by atoms with Crippen molar-refractivity contribution in [2.75, 3.05) is 18.4 Å². The van der Waals surface area contributed by atoms with Gasteiger partial charge in [0.15, 0.2) is 0 Å². The average Bonchev–Trinajstić information content (AvgIpc) is 2.70. The standard InChI is InChI=1S/C23H24N2O2/c1-2-25(17-19-9-5-3-6-10-19)18-23(26)24-20-13-15-22(16-14-20)27-21-11-7-4-8-12-21/h3-16H,2,17-18H2,1H3,(H,24,26). The predicted octanol–water partition coefficient (Wildman–Crippen LogP) is 4.94. The average molecular weight is 360 g/mol. The van der Waals surface area contributed by atoms with Crippen molar-refractivity contribution in [3.05, 3.63) is 90.5 Å². The van der Waals surface area contributed by atoms with Gasteiger partial charge in [-0.3, -0.25) is 9.69 Å². The van der Waals surface area contributed by atoms with Gasteiger partial charge in [-0.05, 0) is 48.5 Å². The van der Waals surface area contributed by atoms with Gasteiger partial charge in [0, 0.05) is 12.2 Å². The number of amides is 1. The van der Waals surface area contributed by atoms with Crippen LogP contribution in [0.5, 0.6) is 11.5 Å². The molecule has 4 nitrogen and oxygen atoms in total. The third-order valence-corrected chi connectivity index (χ3v) is 4.18. The number of likely N-dealkylation sites (N-methyl/N-ethyl adjacent to an activating group) is 1. The first kappa shape index (κ1) is 18.7. The van der Waals surface area contributed by atoms with Crippen molar-refractivity contribution in [3.8, 4) is 11.5 Å². The summed E-state index contributed by atoms with van der Waals surface area (Å²) in [5.41, 5.74) is 1.96. The van der Waals surface area contributed by atoms with E-state index in [1.165, 1.54) is 5.56 Å². The van der Waals surface area contributed by atoms with E-state index in [1.54, 1.807) is 0 Å². The number of carbonyl (C=O) groups excluding carboxylic acids is 1. The fraction of sp³-hybridized carbons (Fsp3) is 0.174. The van der Waals surface area contributed by atoms with Crippen LogP contribution in [0.3, 0.4) is 0 Å². The van der Waals surface area contributed by atoms with Gasteiger partial charge in [0.05, 0.1) is 6.54 Å². The summed E-state index contributed by atoms with van der Waals surface area (Å²) in [7, 11) is 0. The number of anilines is 1. The van der Waals surface area contributed by atoms with Crippen molar-refractivity contribution in [3.63, 3.8) is 0 Å². The maximum Gasteiger partial charge on any atom is 0.238 e. The number of rotatable bonds is 8. The number of hydrogen-bond donors (Lipinski definition) is 1. The summed E-state index contributed by atoms with van der Waals surface area (Å²) in [5.74, 6) is 1.50. The smallest absolute Gasteiger partial charge is 0.238 e. The third-order valence-electron chi connectivity index (χ3n) is 4.18. The van der Waals surface area contributed by atoms with Gasteiger partial charge in [-0.1, -0.05) is 55.5 Å². The van der Waals surface area contributed by atoms with Gasteiger partial charge in [-0.2, -0.15) is 0 Å². The molecule has 0 saturated heterocycles. The Bertz CT molecular complexity index is 833. The monoisotopic (exact) mass is 360 g/mol. The minimum atomic E-state index is -0.0236. The maximum atomic E-state index is 12.4. The van der Waals surface area contributed by atoms with E-state index in [0.29, 0.717) is 6.54 Å². The lowest BCUT2D eigenvalue weighted by atomic mass is 10.2. The van der Waals surface area contributed by atoms with Crippen LogP contribution < -0.4 is 10.1 Å². The summed E-state index contributed by atoms with van der Waals surface area (Å²) in [4.78, 5) is 14.5. The Balaban J connectivity index is 1.52. The van der Waals surface area contributed by atoms with Gasteiger partial charge in [0.25, 0.3) is 0 Å². The molecule has 0 radical (unpaired) electrons. The lowest BCUT2D eigenvalue weighted by Crippen LogP contribution is -2.32. The molecule has 3 aromatic rings. The number of benzene rings is 3.